The van der Waals surface area contributed by atoms with Gasteiger partial charge in [-0.05, 0) is 27.2 Å². The number of carboxylic acids is 1. The van der Waals surface area contributed by atoms with E-state index in [0.717, 1.165) is 13.0 Å². The summed E-state index contributed by atoms with van der Waals surface area (Å²) in [4.78, 5) is 26.4. The highest BCUT2D eigenvalue weighted by molar-refractivity contribution is 5.76. The van der Waals surface area contributed by atoms with Crippen LogP contribution in [0.15, 0.2) is 11.6 Å². The highest BCUT2D eigenvalue weighted by Gasteiger charge is 2.25. The van der Waals surface area contributed by atoms with Crippen LogP contribution in [-0.4, -0.2) is 52.6 Å². The Morgan fingerprint density at radius 2 is 2.22 bits per heavy atom. The summed E-state index contributed by atoms with van der Waals surface area (Å²) in [5, 5.41) is 8.79. The van der Waals surface area contributed by atoms with E-state index in [2.05, 4.69) is 13.0 Å². The summed E-state index contributed by atoms with van der Waals surface area (Å²) in [6.45, 7) is 7.60. The van der Waals surface area contributed by atoms with Crippen molar-refractivity contribution in [2.24, 2.45) is 0 Å². The predicted molar refractivity (Wildman–Crippen MR) is 69.4 cm³/mol. The molecule has 0 radical (unpaired) electrons. The topological polar surface area (TPSA) is 60.9 Å². The Labute approximate surface area is 108 Å². The molecule has 0 fully saturated rings. The molecule has 1 aliphatic rings. The Bertz CT molecular complexity index is 352. The SMILES string of the molecule is CCN(C(=O)N1CC=C(C)CC1)C(C)CC(=O)O. The second-order valence-electron chi connectivity index (χ2n) is 4.76. The van der Waals surface area contributed by atoms with Crippen molar-refractivity contribution < 1.29 is 14.7 Å². The number of nitrogens with zero attached hydrogens (tertiary/aromatic N) is 2. The first-order valence-electron chi connectivity index (χ1n) is 6.38. The fraction of sp³-hybridized carbons (Fsp3) is 0.692. The number of carboxylic acid groups (broad SMARTS) is 1. The summed E-state index contributed by atoms with van der Waals surface area (Å²) in [5.74, 6) is -0.872. The zero-order valence-corrected chi connectivity index (χ0v) is 11.3. The zero-order chi connectivity index (χ0) is 13.7. The highest BCUT2D eigenvalue weighted by atomic mass is 16.4. The van der Waals surface area contributed by atoms with Crippen molar-refractivity contribution in [2.75, 3.05) is 19.6 Å². The first kappa shape index (κ1) is 14.5. The molecule has 1 unspecified atom stereocenters. The van der Waals surface area contributed by atoms with E-state index in [-0.39, 0.29) is 18.5 Å². The van der Waals surface area contributed by atoms with Gasteiger partial charge in [-0.25, -0.2) is 4.79 Å². The summed E-state index contributed by atoms with van der Waals surface area (Å²) >= 11 is 0. The molecule has 2 amide bonds. The first-order chi connectivity index (χ1) is 8.45. The van der Waals surface area contributed by atoms with Crippen molar-refractivity contribution in [1.29, 1.82) is 0 Å². The second kappa shape index (κ2) is 6.42. The lowest BCUT2D eigenvalue weighted by Gasteiger charge is -2.34. The average molecular weight is 254 g/mol. The second-order valence-corrected chi connectivity index (χ2v) is 4.76. The van der Waals surface area contributed by atoms with Crippen LogP contribution in [0.3, 0.4) is 0 Å². The molecule has 0 aromatic heterocycles. The van der Waals surface area contributed by atoms with Crippen LogP contribution in [0.5, 0.6) is 0 Å². The fourth-order valence-corrected chi connectivity index (χ4v) is 2.12. The lowest BCUT2D eigenvalue weighted by Crippen LogP contribution is -2.48. The Kier molecular flexibility index (Phi) is 5.19. The molecule has 102 valence electrons. The number of amides is 2. The van der Waals surface area contributed by atoms with E-state index in [9.17, 15) is 9.59 Å². The van der Waals surface area contributed by atoms with Gasteiger partial charge in [0.1, 0.15) is 0 Å². The van der Waals surface area contributed by atoms with Gasteiger partial charge < -0.3 is 14.9 Å². The number of hydrogen-bond donors (Lipinski definition) is 1. The van der Waals surface area contributed by atoms with Gasteiger partial charge in [-0.3, -0.25) is 4.79 Å². The van der Waals surface area contributed by atoms with Gasteiger partial charge in [-0.2, -0.15) is 0 Å². The standard InChI is InChI=1S/C13H22N2O3/c1-4-15(11(3)9-12(16)17)13(18)14-7-5-10(2)6-8-14/h5,11H,4,6-9H2,1-3H3,(H,16,17). The van der Waals surface area contributed by atoms with Crippen LogP contribution in [0, 0.1) is 0 Å². The van der Waals surface area contributed by atoms with E-state index >= 15 is 0 Å². The van der Waals surface area contributed by atoms with Crippen molar-refractivity contribution in [3.05, 3.63) is 11.6 Å². The molecule has 18 heavy (non-hydrogen) atoms. The smallest absolute Gasteiger partial charge is 0.320 e. The van der Waals surface area contributed by atoms with Gasteiger partial charge in [0.05, 0.1) is 6.42 Å². The summed E-state index contributed by atoms with van der Waals surface area (Å²) in [5.41, 5.74) is 1.31. The maximum Gasteiger partial charge on any atom is 0.320 e. The molecule has 1 atom stereocenters. The van der Waals surface area contributed by atoms with Gasteiger partial charge in [0, 0.05) is 25.7 Å². The zero-order valence-electron chi connectivity index (χ0n) is 11.3. The maximum absolute atomic E-state index is 12.3. The molecule has 1 heterocycles. The highest BCUT2D eigenvalue weighted by Crippen LogP contribution is 2.14. The van der Waals surface area contributed by atoms with Crippen molar-refractivity contribution in [3.8, 4) is 0 Å². The Hall–Kier alpha value is -1.52. The van der Waals surface area contributed by atoms with Crippen LogP contribution >= 0.6 is 0 Å². The molecule has 0 saturated heterocycles. The Morgan fingerprint density at radius 3 is 2.67 bits per heavy atom. The van der Waals surface area contributed by atoms with Gasteiger partial charge in [-0.15, -0.1) is 0 Å². The summed E-state index contributed by atoms with van der Waals surface area (Å²) in [6, 6.07) is -0.331. The van der Waals surface area contributed by atoms with Crippen LogP contribution in [0.25, 0.3) is 0 Å². The first-order valence-corrected chi connectivity index (χ1v) is 6.38. The largest absolute Gasteiger partial charge is 0.481 e. The minimum absolute atomic E-state index is 0.0116. The lowest BCUT2D eigenvalue weighted by atomic mass is 10.1. The number of aliphatic carboxylic acids is 1. The monoisotopic (exact) mass is 254 g/mol. The van der Waals surface area contributed by atoms with E-state index in [1.165, 1.54) is 5.57 Å². The van der Waals surface area contributed by atoms with Crippen molar-refractivity contribution in [3.63, 3.8) is 0 Å². The van der Waals surface area contributed by atoms with Crippen LogP contribution in [-0.2, 0) is 4.79 Å². The minimum Gasteiger partial charge on any atom is -0.481 e. The maximum atomic E-state index is 12.3. The number of carbonyl (C=O) groups excluding carboxylic acids is 1. The quantitative estimate of drug-likeness (QED) is 0.780. The third-order valence-electron chi connectivity index (χ3n) is 3.30. The molecule has 1 aliphatic heterocycles. The van der Waals surface area contributed by atoms with Crippen molar-refractivity contribution >= 4 is 12.0 Å². The lowest BCUT2D eigenvalue weighted by molar-refractivity contribution is -0.138. The third-order valence-corrected chi connectivity index (χ3v) is 3.30. The van der Waals surface area contributed by atoms with Crippen LogP contribution < -0.4 is 0 Å². The van der Waals surface area contributed by atoms with Crippen LogP contribution in [0.1, 0.15) is 33.6 Å². The molecule has 1 rings (SSSR count). The van der Waals surface area contributed by atoms with Crippen molar-refractivity contribution in [2.45, 2.75) is 39.7 Å². The Balaban J connectivity index is 2.64. The van der Waals surface area contributed by atoms with Crippen molar-refractivity contribution in [1.82, 2.24) is 9.80 Å². The molecule has 5 heteroatoms. The van der Waals surface area contributed by atoms with E-state index in [1.54, 1.807) is 16.7 Å². The predicted octanol–water partition coefficient (Wildman–Crippen LogP) is 1.94. The van der Waals surface area contributed by atoms with Gasteiger partial charge in [0.2, 0.25) is 0 Å². The number of urea groups is 1. The molecular formula is C13H22N2O3. The molecule has 5 nitrogen and oxygen atoms in total. The molecule has 0 bridgehead atoms. The summed E-state index contributed by atoms with van der Waals surface area (Å²) in [7, 11) is 0. The molecule has 0 spiro atoms. The van der Waals surface area contributed by atoms with Gasteiger partial charge in [0.25, 0.3) is 0 Å². The van der Waals surface area contributed by atoms with Gasteiger partial charge in [0.15, 0.2) is 0 Å². The van der Waals surface area contributed by atoms with E-state index in [1.807, 2.05) is 6.92 Å². The van der Waals surface area contributed by atoms with E-state index in [0.29, 0.717) is 13.1 Å². The normalized spacial score (nSPS) is 17.1. The summed E-state index contributed by atoms with van der Waals surface area (Å²) in [6.07, 6.45) is 2.94. The fourth-order valence-electron chi connectivity index (χ4n) is 2.12. The summed E-state index contributed by atoms with van der Waals surface area (Å²) < 4.78 is 0. The number of carbonyl (C=O) groups is 2. The van der Waals surface area contributed by atoms with Gasteiger partial charge >= 0.3 is 12.0 Å². The molecule has 0 saturated carbocycles. The Morgan fingerprint density at radius 1 is 1.56 bits per heavy atom. The molecule has 0 aliphatic carbocycles. The average Bonchev–Trinajstić information content (AvgIpc) is 2.29. The third kappa shape index (κ3) is 3.75. The molecule has 0 aromatic rings. The number of hydrogen-bond acceptors (Lipinski definition) is 2. The van der Waals surface area contributed by atoms with E-state index in [4.69, 9.17) is 5.11 Å². The molecule has 1 N–H and O–H groups in total. The van der Waals surface area contributed by atoms with Crippen LogP contribution in [0.4, 0.5) is 4.79 Å². The number of rotatable bonds is 4. The molecule has 0 aromatic carbocycles. The van der Waals surface area contributed by atoms with E-state index < -0.39 is 5.97 Å². The molecular weight excluding hydrogens is 232 g/mol. The van der Waals surface area contributed by atoms with Crippen LogP contribution in [0.2, 0.25) is 0 Å². The van der Waals surface area contributed by atoms with Gasteiger partial charge in [-0.1, -0.05) is 11.6 Å². The minimum atomic E-state index is -0.872.